The van der Waals surface area contributed by atoms with Crippen molar-refractivity contribution in [2.24, 2.45) is 17.6 Å². The second kappa shape index (κ2) is 8.67. The first-order valence-corrected chi connectivity index (χ1v) is 8.37. The van der Waals surface area contributed by atoms with Gasteiger partial charge in [-0.3, -0.25) is 9.59 Å². The highest BCUT2D eigenvalue weighted by Gasteiger charge is 2.25. The quantitative estimate of drug-likeness (QED) is 0.801. The fourth-order valence-corrected chi connectivity index (χ4v) is 3.16. The minimum absolute atomic E-state index is 0.00530. The van der Waals surface area contributed by atoms with Gasteiger partial charge in [-0.05, 0) is 43.3 Å². The Morgan fingerprint density at radius 2 is 2.09 bits per heavy atom. The van der Waals surface area contributed by atoms with Gasteiger partial charge in [-0.2, -0.15) is 0 Å². The zero-order valence-corrected chi connectivity index (χ0v) is 13.8. The Morgan fingerprint density at radius 1 is 1.35 bits per heavy atom. The molecule has 1 aromatic carbocycles. The van der Waals surface area contributed by atoms with Crippen molar-refractivity contribution in [2.75, 3.05) is 19.6 Å². The Morgan fingerprint density at radius 3 is 2.70 bits per heavy atom. The number of primary amides is 1. The summed E-state index contributed by atoms with van der Waals surface area (Å²) in [5, 5.41) is 3.39. The van der Waals surface area contributed by atoms with Gasteiger partial charge in [0.1, 0.15) is 0 Å². The van der Waals surface area contributed by atoms with Gasteiger partial charge in [0.2, 0.25) is 11.8 Å². The topological polar surface area (TPSA) is 75.4 Å². The second-order valence-corrected chi connectivity index (χ2v) is 6.49. The molecule has 5 nitrogen and oxygen atoms in total. The van der Waals surface area contributed by atoms with Crippen LogP contribution in [-0.2, 0) is 16.1 Å². The summed E-state index contributed by atoms with van der Waals surface area (Å²) in [7, 11) is 0. The predicted octanol–water partition coefficient (Wildman–Crippen LogP) is 1.53. The molecule has 3 N–H and O–H groups in total. The van der Waals surface area contributed by atoms with E-state index < -0.39 is 5.91 Å². The van der Waals surface area contributed by atoms with Crippen LogP contribution < -0.4 is 11.1 Å². The molecule has 1 saturated heterocycles. The molecule has 0 saturated carbocycles. The van der Waals surface area contributed by atoms with Crippen LogP contribution in [0.3, 0.4) is 0 Å². The molecule has 2 rings (SSSR count). The normalized spacial score (nSPS) is 19.1. The minimum Gasteiger partial charge on any atom is -0.368 e. The number of hydrogen-bond acceptors (Lipinski definition) is 3. The Bertz CT molecular complexity index is 512. The van der Waals surface area contributed by atoms with Crippen LogP contribution in [0.4, 0.5) is 0 Å². The van der Waals surface area contributed by atoms with E-state index in [0.717, 1.165) is 31.5 Å². The van der Waals surface area contributed by atoms with E-state index in [-0.39, 0.29) is 12.5 Å². The number of benzene rings is 1. The van der Waals surface area contributed by atoms with Gasteiger partial charge in [0, 0.05) is 13.0 Å². The van der Waals surface area contributed by atoms with Gasteiger partial charge in [0.25, 0.3) is 0 Å². The van der Waals surface area contributed by atoms with Crippen molar-refractivity contribution in [3.63, 3.8) is 0 Å². The molecular formula is C18H27N3O2. The molecule has 0 radical (unpaired) electrons. The lowest BCUT2D eigenvalue weighted by molar-refractivity contribution is -0.136. The molecule has 2 amide bonds. The summed E-state index contributed by atoms with van der Waals surface area (Å²) in [5.41, 5.74) is 6.32. The van der Waals surface area contributed by atoms with E-state index in [2.05, 4.69) is 12.2 Å². The van der Waals surface area contributed by atoms with Crippen molar-refractivity contribution in [1.29, 1.82) is 0 Å². The van der Waals surface area contributed by atoms with Crippen LogP contribution in [0, 0.1) is 11.8 Å². The fourth-order valence-electron chi connectivity index (χ4n) is 3.16. The standard InChI is InChI=1S/C18H27N3O2/c1-14(16-8-5-9-20-11-16)10-18(23)21(13-17(19)22)12-15-6-3-2-4-7-15/h2-4,6-7,14,16,20H,5,8-13H2,1H3,(H2,19,22). The minimum atomic E-state index is -0.471. The maximum absolute atomic E-state index is 12.6. The summed E-state index contributed by atoms with van der Waals surface area (Å²) in [6, 6.07) is 9.70. The van der Waals surface area contributed by atoms with Gasteiger partial charge in [-0.15, -0.1) is 0 Å². The van der Waals surface area contributed by atoms with Crippen molar-refractivity contribution in [3.8, 4) is 0 Å². The fraction of sp³-hybridized carbons (Fsp3) is 0.556. The summed E-state index contributed by atoms with van der Waals surface area (Å²) < 4.78 is 0. The van der Waals surface area contributed by atoms with Crippen molar-refractivity contribution < 1.29 is 9.59 Å². The first-order valence-electron chi connectivity index (χ1n) is 8.37. The smallest absolute Gasteiger partial charge is 0.237 e. The molecule has 0 bridgehead atoms. The number of carbonyl (C=O) groups excluding carboxylic acids is 2. The number of nitrogens with zero attached hydrogens (tertiary/aromatic N) is 1. The number of amides is 2. The molecule has 1 aliphatic heterocycles. The third kappa shape index (κ3) is 5.67. The maximum atomic E-state index is 12.6. The van der Waals surface area contributed by atoms with E-state index in [1.54, 1.807) is 4.90 Å². The van der Waals surface area contributed by atoms with Crippen LogP contribution in [0.25, 0.3) is 0 Å². The molecule has 1 aromatic rings. The molecule has 5 heteroatoms. The summed E-state index contributed by atoms with van der Waals surface area (Å²) in [4.78, 5) is 25.5. The first-order chi connectivity index (χ1) is 11.1. The van der Waals surface area contributed by atoms with Crippen LogP contribution >= 0.6 is 0 Å². The molecule has 126 valence electrons. The van der Waals surface area contributed by atoms with Crippen LogP contribution in [0.15, 0.2) is 30.3 Å². The predicted molar refractivity (Wildman–Crippen MR) is 90.4 cm³/mol. The van der Waals surface area contributed by atoms with Crippen LogP contribution in [0.1, 0.15) is 31.7 Å². The van der Waals surface area contributed by atoms with Gasteiger partial charge in [0.05, 0.1) is 6.54 Å². The molecule has 0 aromatic heterocycles. The molecule has 1 heterocycles. The van der Waals surface area contributed by atoms with Gasteiger partial charge >= 0.3 is 0 Å². The second-order valence-electron chi connectivity index (χ2n) is 6.49. The third-order valence-electron chi connectivity index (χ3n) is 4.55. The highest BCUT2D eigenvalue weighted by atomic mass is 16.2. The number of carbonyl (C=O) groups is 2. The Kier molecular flexibility index (Phi) is 6.59. The number of nitrogens with one attached hydrogen (secondary N) is 1. The van der Waals surface area contributed by atoms with E-state index in [1.807, 2.05) is 30.3 Å². The summed E-state index contributed by atoms with van der Waals surface area (Å²) in [6.45, 7) is 4.57. The average molecular weight is 317 g/mol. The molecule has 2 unspecified atom stereocenters. The monoisotopic (exact) mass is 317 g/mol. The summed E-state index contributed by atoms with van der Waals surface area (Å²) in [5.74, 6) is 0.369. The number of hydrogen-bond donors (Lipinski definition) is 2. The lowest BCUT2D eigenvalue weighted by atomic mass is 9.85. The SMILES string of the molecule is CC(CC(=O)N(CC(N)=O)Cc1ccccc1)C1CCCNC1. The summed E-state index contributed by atoms with van der Waals surface area (Å²) in [6.07, 6.45) is 2.79. The van der Waals surface area contributed by atoms with E-state index >= 15 is 0 Å². The van der Waals surface area contributed by atoms with Crippen molar-refractivity contribution in [2.45, 2.75) is 32.7 Å². The van der Waals surface area contributed by atoms with Gasteiger partial charge < -0.3 is 16.0 Å². The largest absolute Gasteiger partial charge is 0.368 e. The van der Waals surface area contributed by atoms with Crippen LogP contribution in [0.5, 0.6) is 0 Å². The van der Waals surface area contributed by atoms with E-state index in [0.29, 0.717) is 24.8 Å². The lowest BCUT2D eigenvalue weighted by Crippen LogP contribution is -2.40. The molecule has 23 heavy (non-hydrogen) atoms. The van der Waals surface area contributed by atoms with Gasteiger partial charge in [-0.25, -0.2) is 0 Å². The maximum Gasteiger partial charge on any atom is 0.237 e. The van der Waals surface area contributed by atoms with E-state index in [1.165, 1.54) is 0 Å². The van der Waals surface area contributed by atoms with Crippen LogP contribution in [0.2, 0.25) is 0 Å². The highest BCUT2D eigenvalue weighted by molar-refractivity contribution is 5.83. The van der Waals surface area contributed by atoms with Crippen molar-refractivity contribution in [3.05, 3.63) is 35.9 Å². The number of piperidine rings is 1. The zero-order chi connectivity index (χ0) is 16.7. The Hall–Kier alpha value is -1.88. The Balaban J connectivity index is 1.96. The third-order valence-corrected chi connectivity index (χ3v) is 4.55. The first kappa shape index (κ1) is 17.5. The number of rotatable bonds is 7. The lowest BCUT2D eigenvalue weighted by Gasteiger charge is -2.30. The number of nitrogens with two attached hydrogens (primary N) is 1. The summed E-state index contributed by atoms with van der Waals surface area (Å²) >= 11 is 0. The Labute approximate surface area is 138 Å². The van der Waals surface area contributed by atoms with Gasteiger partial charge in [-0.1, -0.05) is 37.3 Å². The van der Waals surface area contributed by atoms with Gasteiger partial charge in [0.15, 0.2) is 0 Å². The van der Waals surface area contributed by atoms with Crippen molar-refractivity contribution in [1.82, 2.24) is 10.2 Å². The molecule has 2 atom stereocenters. The van der Waals surface area contributed by atoms with E-state index in [9.17, 15) is 9.59 Å². The molecule has 1 aliphatic rings. The molecule has 1 fully saturated rings. The van der Waals surface area contributed by atoms with E-state index in [4.69, 9.17) is 5.73 Å². The molecule has 0 spiro atoms. The van der Waals surface area contributed by atoms with Crippen LogP contribution in [-0.4, -0.2) is 36.3 Å². The average Bonchev–Trinajstić information content (AvgIpc) is 2.55. The molecule has 0 aliphatic carbocycles. The van der Waals surface area contributed by atoms with Crippen molar-refractivity contribution >= 4 is 11.8 Å². The molecular weight excluding hydrogens is 290 g/mol. The highest BCUT2D eigenvalue weighted by Crippen LogP contribution is 2.23. The zero-order valence-electron chi connectivity index (χ0n) is 13.8.